The summed E-state index contributed by atoms with van der Waals surface area (Å²) < 4.78 is 22.0. The maximum atomic E-state index is 12.7. The van der Waals surface area contributed by atoms with Gasteiger partial charge in [-0.1, -0.05) is 0 Å². The zero-order valence-electron chi connectivity index (χ0n) is 12.5. The van der Waals surface area contributed by atoms with Gasteiger partial charge < -0.3 is 20.1 Å². The Labute approximate surface area is 132 Å². The SMILES string of the molecule is CCOC(=O)CC(=O)OC/C=C/NC(=O)Nc1ccc(F)cc1. The number of amides is 2. The van der Waals surface area contributed by atoms with Crippen LogP contribution in [-0.2, 0) is 19.1 Å². The van der Waals surface area contributed by atoms with Crippen LogP contribution in [0, 0.1) is 5.82 Å². The Morgan fingerprint density at radius 1 is 1.13 bits per heavy atom. The summed E-state index contributed by atoms with van der Waals surface area (Å²) in [6, 6.07) is 4.72. The number of halogens is 1. The zero-order chi connectivity index (χ0) is 17.1. The van der Waals surface area contributed by atoms with Crippen molar-refractivity contribution in [1.29, 1.82) is 0 Å². The molecule has 0 aliphatic rings. The molecule has 7 nitrogen and oxygen atoms in total. The first-order valence-electron chi connectivity index (χ1n) is 6.80. The van der Waals surface area contributed by atoms with E-state index < -0.39 is 30.2 Å². The number of ether oxygens (including phenoxy) is 2. The van der Waals surface area contributed by atoms with Crippen molar-refractivity contribution in [2.45, 2.75) is 13.3 Å². The molecule has 2 amide bonds. The summed E-state index contributed by atoms with van der Waals surface area (Å²) in [4.78, 5) is 33.7. The predicted octanol–water partition coefficient (Wildman–Crippen LogP) is 1.96. The van der Waals surface area contributed by atoms with Crippen LogP contribution < -0.4 is 10.6 Å². The molecule has 0 saturated heterocycles. The van der Waals surface area contributed by atoms with Gasteiger partial charge in [-0.05, 0) is 37.3 Å². The standard InChI is InChI=1S/C15H17FN2O5/c1-2-22-13(19)10-14(20)23-9-3-8-17-15(21)18-12-6-4-11(16)5-7-12/h3-8H,2,9-10H2,1H3,(H2,17,18,21)/b8-3+. The quantitative estimate of drug-likeness (QED) is 0.591. The van der Waals surface area contributed by atoms with E-state index in [0.717, 1.165) is 0 Å². The molecule has 0 saturated carbocycles. The van der Waals surface area contributed by atoms with Gasteiger partial charge in [0.15, 0.2) is 0 Å². The molecule has 0 fully saturated rings. The number of hydrogen-bond acceptors (Lipinski definition) is 5. The number of nitrogens with one attached hydrogen (secondary N) is 2. The Morgan fingerprint density at radius 3 is 2.43 bits per heavy atom. The molecule has 0 aliphatic carbocycles. The predicted molar refractivity (Wildman–Crippen MR) is 79.9 cm³/mol. The monoisotopic (exact) mass is 324 g/mol. The molecule has 0 aliphatic heterocycles. The highest BCUT2D eigenvalue weighted by Crippen LogP contribution is 2.07. The van der Waals surface area contributed by atoms with Gasteiger partial charge in [-0.25, -0.2) is 9.18 Å². The normalized spacial score (nSPS) is 10.2. The number of esters is 2. The third-order valence-corrected chi connectivity index (χ3v) is 2.37. The van der Waals surface area contributed by atoms with Gasteiger partial charge in [-0.2, -0.15) is 0 Å². The zero-order valence-corrected chi connectivity index (χ0v) is 12.5. The minimum absolute atomic E-state index is 0.102. The highest BCUT2D eigenvalue weighted by molar-refractivity contribution is 5.91. The van der Waals surface area contributed by atoms with Gasteiger partial charge in [-0.3, -0.25) is 9.59 Å². The van der Waals surface area contributed by atoms with Crippen molar-refractivity contribution >= 4 is 23.7 Å². The second kappa shape index (κ2) is 9.93. The molecule has 0 spiro atoms. The Kier molecular flexibility index (Phi) is 7.84. The lowest BCUT2D eigenvalue weighted by Crippen LogP contribution is -2.24. The fourth-order valence-electron chi connectivity index (χ4n) is 1.41. The molecular weight excluding hydrogens is 307 g/mol. The summed E-state index contributed by atoms with van der Waals surface area (Å²) in [5.74, 6) is -1.78. The molecule has 1 aromatic rings. The van der Waals surface area contributed by atoms with Crippen molar-refractivity contribution in [3.63, 3.8) is 0 Å². The van der Waals surface area contributed by atoms with Gasteiger partial charge in [0.05, 0.1) is 6.61 Å². The van der Waals surface area contributed by atoms with Gasteiger partial charge in [0.25, 0.3) is 0 Å². The number of urea groups is 1. The fraction of sp³-hybridized carbons (Fsp3) is 0.267. The number of carbonyl (C=O) groups excluding carboxylic acids is 3. The van der Waals surface area contributed by atoms with Crippen molar-refractivity contribution in [2.24, 2.45) is 0 Å². The van der Waals surface area contributed by atoms with Crippen LogP contribution in [0.3, 0.4) is 0 Å². The lowest BCUT2D eigenvalue weighted by Gasteiger charge is -2.04. The molecule has 0 atom stereocenters. The van der Waals surface area contributed by atoms with E-state index in [2.05, 4.69) is 15.4 Å². The molecule has 8 heteroatoms. The van der Waals surface area contributed by atoms with E-state index in [1.807, 2.05) is 0 Å². The molecular formula is C15H17FN2O5. The summed E-state index contributed by atoms with van der Waals surface area (Å²) in [7, 11) is 0. The second-order valence-electron chi connectivity index (χ2n) is 4.17. The molecule has 1 aromatic carbocycles. The van der Waals surface area contributed by atoms with E-state index in [1.165, 1.54) is 36.5 Å². The highest BCUT2D eigenvalue weighted by atomic mass is 19.1. The first kappa shape index (κ1) is 18.1. The average molecular weight is 324 g/mol. The Morgan fingerprint density at radius 2 is 1.78 bits per heavy atom. The summed E-state index contributed by atoms with van der Waals surface area (Å²) >= 11 is 0. The summed E-state index contributed by atoms with van der Waals surface area (Å²) in [5, 5.41) is 4.85. The fourth-order valence-corrected chi connectivity index (χ4v) is 1.41. The van der Waals surface area contributed by atoms with Crippen LogP contribution in [0.2, 0.25) is 0 Å². The van der Waals surface area contributed by atoms with Crippen molar-refractivity contribution < 1.29 is 28.2 Å². The van der Waals surface area contributed by atoms with Crippen molar-refractivity contribution in [3.05, 3.63) is 42.4 Å². The van der Waals surface area contributed by atoms with Crippen LogP contribution in [0.4, 0.5) is 14.9 Å². The van der Waals surface area contributed by atoms with Gasteiger partial charge in [0.2, 0.25) is 0 Å². The van der Waals surface area contributed by atoms with Crippen LogP contribution in [0.25, 0.3) is 0 Å². The van der Waals surface area contributed by atoms with Crippen molar-refractivity contribution in [2.75, 3.05) is 18.5 Å². The minimum atomic E-state index is -0.719. The Hall–Kier alpha value is -2.90. The maximum absolute atomic E-state index is 12.7. The van der Waals surface area contributed by atoms with Gasteiger partial charge >= 0.3 is 18.0 Å². The van der Waals surface area contributed by atoms with Crippen LogP contribution in [0.15, 0.2) is 36.5 Å². The van der Waals surface area contributed by atoms with Crippen LogP contribution >= 0.6 is 0 Å². The highest BCUT2D eigenvalue weighted by Gasteiger charge is 2.10. The average Bonchev–Trinajstić information content (AvgIpc) is 2.49. The molecule has 124 valence electrons. The molecule has 0 radical (unpaired) electrons. The molecule has 0 unspecified atom stereocenters. The van der Waals surface area contributed by atoms with Gasteiger partial charge in [-0.15, -0.1) is 0 Å². The summed E-state index contributed by atoms with van der Waals surface area (Å²) in [6.07, 6.45) is 2.20. The molecule has 1 rings (SSSR count). The number of carbonyl (C=O) groups is 3. The third kappa shape index (κ3) is 8.20. The van der Waals surface area contributed by atoms with E-state index >= 15 is 0 Å². The second-order valence-corrected chi connectivity index (χ2v) is 4.17. The minimum Gasteiger partial charge on any atom is -0.466 e. The maximum Gasteiger partial charge on any atom is 0.323 e. The van der Waals surface area contributed by atoms with Gasteiger partial charge in [0.1, 0.15) is 18.8 Å². The van der Waals surface area contributed by atoms with E-state index in [4.69, 9.17) is 4.74 Å². The van der Waals surface area contributed by atoms with Crippen LogP contribution in [-0.4, -0.2) is 31.2 Å². The first-order chi connectivity index (χ1) is 11.0. The van der Waals surface area contributed by atoms with Crippen molar-refractivity contribution in [1.82, 2.24) is 5.32 Å². The van der Waals surface area contributed by atoms with E-state index in [9.17, 15) is 18.8 Å². The lowest BCUT2D eigenvalue weighted by molar-refractivity contribution is -0.153. The largest absolute Gasteiger partial charge is 0.466 e. The molecule has 2 N–H and O–H groups in total. The van der Waals surface area contributed by atoms with Gasteiger partial charge in [0, 0.05) is 11.9 Å². The van der Waals surface area contributed by atoms with E-state index in [0.29, 0.717) is 5.69 Å². The smallest absolute Gasteiger partial charge is 0.323 e. The lowest BCUT2D eigenvalue weighted by atomic mass is 10.3. The number of rotatable bonds is 7. The van der Waals surface area contributed by atoms with Crippen LogP contribution in [0.1, 0.15) is 13.3 Å². The summed E-state index contributed by atoms with van der Waals surface area (Å²) in [5.41, 5.74) is 0.429. The topological polar surface area (TPSA) is 93.7 Å². The number of anilines is 1. The number of hydrogen-bond donors (Lipinski definition) is 2. The summed E-state index contributed by atoms with van der Waals surface area (Å²) in [6.45, 7) is 1.72. The molecule has 0 aromatic heterocycles. The van der Waals surface area contributed by atoms with E-state index in [-0.39, 0.29) is 13.2 Å². The first-order valence-corrected chi connectivity index (χ1v) is 6.80. The Bertz CT molecular complexity index is 572. The van der Waals surface area contributed by atoms with Crippen molar-refractivity contribution in [3.8, 4) is 0 Å². The molecule has 0 bridgehead atoms. The van der Waals surface area contributed by atoms with Crippen LogP contribution in [0.5, 0.6) is 0 Å². The Balaban J connectivity index is 2.20. The third-order valence-electron chi connectivity index (χ3n) is 2.37. The van der Waals surface area contributed by atoms with E-state index in [1.54, 1.807) is 6.92 Å². The molecule has 23 heavy (non-hydrogen) atoms. The number of benzene rings is 1. The molecule has 0 heterocycles.